The standard InChI is InChI=1S/C32H24N2O4/c35-31(36)29-27(20-7-3-1-4-8-20)30(28(29)21-9-5-2-6-10-21)32(37)38-26-14-13-22-15-23(11-12-24(22)16-26)25-17-33-19-34-18-25/h1-19,27-30H,(H,35,36). The Morgan fingerprint density at radius 3 is 1.84 bits per heavy atom. The Morgan fingerprint density at radius 1 is 0.658 bits per heavy atom. The average Bonchev–Trinajstić information content (AvgIpc) is 2.93. The van der Waals surface area contributed by atoms with Crippen molar-refractivity contribution in [1.29, 1.82) is 0 Å². The van der Waals surface area contributed by atoms with Crippen molar-refractivity contribution in [3.05, 3.63) is 127 Å². The van der Waals surface area contributed by atoms with Crippen LogP contribution >= 0.6 is 0 Å². The third-order valence-corrected chi connectivity index (χ3v) is 7.40. The molecule has 6 rings (SSSR count). The molecule has 2 atom stereocenters. The van der Waals surface area contributed by atoms with Gasteiger partial charge in [0.1, 0.15) is 12.1 Å². The Kier molecular flexibility index (Phi) is 6.14. The van der Waals surface area contributed by atoms with E-state index in [1.54, 1.807) is 18.5 Å². The normalized spacial score (nSPS) is 20.4. The van der Waals surface area contributed by atoms with Gasteiger partial charge in [0.25, 0.3) is 0 Å². The van der Waals surface area contributed by atoms with Crippen LogP contribution in [0.1, 0.15) is 23.0 Å². The Hall–Kier alpha value is -4.84. The average molecular weight is 501 g/mol. The molecule has 1 saturated carbocycles. The van der Waals surface area contributed by atoms with E-state index >= 15 is 0 Å². The minimum Gasteiger partial charge on any atom is -0.481 e. The van der Waals surface area contributed by atoms with Crippen molar-refractivity contribution < 1.29 is 19.4 Å². The summed E-state index contributed by atoms with van der Waals surface area (Å²) in [5.41, 5.74) is 3.56. The fourth-order valence-corrected chi connectivity index (χ4v) is 5.63. The second-order valence-electron chi connectivity index (χ2n) is 9.53. The largest absolute Gasteiger partial charge is 0.481 e. The predicted octanol–water partition coefficient (Wildman–Crippen LogP) is 6.10. The molecule has 0 bridgehead atoms. The van der Waals surface area contributed by atoms with E-state index in [1.165, 1.54) is 6.33 Å². The molecule has 1 fully saturated rings. The molecule has 0 spiro atoms. The minimum absolute atomic E-state index is 0.427. The number of carboxylic acids is 1. The fraction of sp³-hybridized carbons (Fsp3) is 0.125. The molecule has 1 aliphatic rings. The minimum atomic E-state index is -0.915. The lowest BCUT2D eigenvalue weighted by Gasteiger charge is -2.48. The van der Waals surface area contributed by atoms with Gasteiger partial charge in [0, 0.05) is 29.8 Å². The zero-order chi connectivity index (χ0) is 26.1. The number of hydrogen-bond donors (Lipinski definition) is 1. The number of benzene rings is 4. The maximum Gasteiger partial charge on any atom is 0.315 e. The summed E-state index contributed by atoms with van der Waals surface area (Å²) >= 11 is 0. The van der Waals surface area contributed by atoms with E-state index in [9.17, 15) is 14.7 Å². The highest BCUT2D eigenvalue weighted by molar-refractivity contribution is 5.90. The van der Waals surface area contributed by atoms with Crippen LogP contribution in [-0.2, 0) is 9.59 Å². The number of nitrogens with zero attached hydrogens (tertiary/aromatic N) is 2. The van der Waals surface area contributed by atoms with Crippen molar-refractivity contribution >= 4 is 22.7 Å². The molecule has 0 aliphatic heterocycles. The quantitative estimate of drug-likeness (QED) is 0.224. The number of fused-ring (bicyclic) bond motifs is 1. The van der Waals surface area contributed by atoms with E-state index in [1.807, 2.05) is 91.0 Å². The Morgan fingerprint density at radius 2 is 1.24 bits per heavy atom. The zero-order valence-electron chi connectivity index (χ0n) is 20.3. The lowest BCUT2D eigenvalue weighted by molar-refractivity contribution is -0.158. The number of carboxylic acid groups (broad SMARTS) is 1. The highest BCUT2D eigenvalue weighted by atomic mass is 16.5. The molecule has 0 saturated heterocycles. The van der Waals surface area contributed by atoms with Gasteiger partial charge in [-0.05, 0) is 45.7 Å². The van der Waals surface area contributed by atoms with E-state index < -0.39 is 35.6 Å². The number of carbonyl (C=O) groups excluding carboxylic acids is 1. The number of esters is 1. The topological polar surface area (TPSA) is 89.4 Å². The van der Waals surface area contributed by atoms with Crippen LogP contribution in [0.15, 0.2) is 116 Å². The van der Waals surface area contributed by atoms with Crippen molar-refractivity contribution in [2.24, 2.45) is 11.8 Å². The lowest BCUT2D eigenvalue weighted by Crippen LogP contribution is -2.52. The number of ether oxygens (including phenoxy) is 1. The molecule has 0 amide bonds. The van der Waals surface area contributed by atoms with Crippen LogP contribution in [0.25, 0.3) is 21.9 Å². The van der Waals surface area contributed by atoms with Crippen LogP contribution in [0.5, 0.6) is 5.75 Å². The first-order valence-corrected chi connectivity index (χ1v) is 12.4. The number of hydrogen-bond acceptors (Lipinski definition) is 5. The third kappa shape index (κ3) is 4.30. The highest BCUT2D eigenvalue weighted by Gasteiger charge is 2.59. The fourth-order valence-electron chi connectivity index (χ4n) is 5.63. The van der Waals surface area contributed by atoms with Gasteiger partial charge < -0.3 is 9.84 Å². The first-order chi connectivity index (χ1) is 18.6. The summed E-state index contributed by atoms with van der Waals surface area (Å²) in [6, 6.07) is 30.3. The molecule has 1 aromatic heterocycles. The molecular formula is C32H24N2O4. The van der Waals surface area contributed by atoms with Crippen molar-refractivity contribution in [3.8, 4) is 16.9 Å². The summed E-state index contributed by atoms with van der Waals surface area (Å²) in [7, 11) is 0. The molecule has 38 heavy (non-hydrogen) atoms. The highest BCUT2D eigenvalue weighted by Crippen LogP contribution is 2.58. The second-order valence-corrected chi connectivity index (χ2v) is 9.53. The molecule has 6 heteroatoms. The SMILES string of the molecule is O=C(O)C1C(c2ccccc2)C(C(=O)Oc2ccc3cc(-c4cncnc4)ccc3c2)C1c1ccccc1. The van der Waals surface area contributed by atoms with Crippen LogP contribution in [0, 0.1) is 11.8 Å². The third-order valence-electron chi connectivity index (χ3n) is 7.40. The molecule has 2 unspecified atom stereocenters. The van der Waals surface area contributed by atoms with Crippen molar-refractivity contribution in [2.45, 2.75) is 11.8 Å². The Labute approximate surface area is 219 Å². The summed E-state index contributed by atoms with van der Waals surface area (Å²) in [5.74, 6) is -3.24. The van der Waals surface area contributed by atoms with Gasteiger partial charge >= 0.3 is 11.9 Å². The molecule has 1 aliphatic carbocycles. The Bertz CT molecular complexity index is 1560. The van der Waals surface area contributed by atoms with Crippen LogP contribution < -0.4 is 4.74 Å². The van der Waals surface area contributed by atoms with E-state index in [-0.39, 0.29) is 0 Å². The second kappa shape index (κ2) is 9.90. The Balaban J connectivity index is 1.31. The summed E-state index contributed by atoms with van der Waals surface area (Å²) in [6.07, 6.45) is 5.02. The number of aromatic nitrogens is 2. The molecule has 4 aromatic carbocycles. The molecular weight excluding hydrogens is 476 g/mol. The van der Waals surface area contributed by atoms with Crippen LogP contribution in [0.3, 0.4) is 0 Å². The maximum atomic E-state index is 13.7. The molecule has 1 heterocycles. The van der Waals surface area contributed by atoms with E-state index in [2.05, 4.69) is 9.97 Å². The van der Waals surface area contributed by atoms with Gasteiger partial charge in [0.05, 0.1) is 11.8 Å². The summed E-state index contributed by atoms with van der Waals surface area (Å²) in [6.45, 7) is 0. The monoisotopic (exact) mass is 500 g/mol. The molecule has 0 radical (unpaired) electrons. The van der Waals surface area contributed by atoms with Crippen molar-refractivity contribution in [1.82, 2.24) is 9.97 Å². The molecule has 6 nitrogen and oxygen atoms in total. The maximum absolute atomic E-state index is 13.7. The van der Waals surface area contributed by atoms with Gasteiger partial charge in [-0.15, -0.1) is 0 Å². The van der Waals surface area contributed by atoms with Gasteiger partial charge in [0.15, 0.2) is 0 Å². The van der Waals surface area contributed by atoms with Gasteiger partial charge in [-0.3, -0.25) is 9.59 Å². The number of carbonyl (C=O) groups is 2. The first kappa shape index (κ1) is 23.6. The van der Waals surface area contributed by atoms with Crippen LogP contribution in [-0.4, -0.2) is 27.0 Å². The number of aliphatic carboxylic acids is 1. The van der Waals surface area contributed by atoms with E-state index in [0.29, 0.717) is 5.75 Å². The van der Waals surface area contributed by atoms with Crippen LogP contribution in [0.4, 0.5) is 0 Å². The van der Waals surface area contributed by atoms with Gasteiger partial charge in [-0.1, -0.05) is 78.9 Å². The van der Waals surface area contributed by atoms with E-state index in [0.717, 1.165) is 33.0 Å². The van der Waals surface area contributed by atoms with E-state index in [4.69, 9.17) is 4.74 Å². The zero-order valence-corrected chi connectivity index (χ0v) is 20.3. The molecule has 1 N–H and O–H groups in total. The predicted molar refractivity (Wildman–Crippen MR) is 144 cm³/mol. The van der Waals surface area contributed by atoms with Gasteiger partial charge in [-0.25, -0.2) is 9.97 Å². The van der Waals surface area contributed by atoms with Gasteiger partial charge in [0.2, 0.25) is 0 Å². The summed E-state index contributed by atoms with van der Waals surface area (Å²) < 4.78 is 5.92. The molecule has 5 aromatic rings. The molecule has 186 valence electrons. The summed E-state index contributed by atoms with van der Waals surface area (Å²) in [5, 5.41) is 12.1. The van der Waals surface area contributed by atoms with Crippen molar-refractivity contribution in [3.63, 3.8) is 0 Å². The number of rotatable bonds is 6. The smallest absolute Gasteiger partial charge is 0.315 e. The van der Waals surface area contributed by atoms with Gasteiger partial charge in [-0.2, -0.15) is 0 Å². The van der Waals surface area contributed by atoms with Crippen molar-refractivity contribution in [2.75, 3.05) is 0 Å². The first-order valence-electron chi connectivity index (χ1n) is 12.4. The summed E-state index contributed by atoms with van der Waals surface area (Å²) in [4.78, 5) is 34.2. The van der Waals surface area contributed by atoms with Crippen LogP contribution in [0.2, 0.25) is 0 Å². The lowest BCUT2D eigenvalue weighted by atomic mass is 9.52.